The molecule has 0 saturated carbocycles. The summed E-state index contributed by atoms with van der Waals surface area (Å²) in [5.74, 6) is 0. The molecule has 0 aromatic rings. The lowest BCUT2D eigenvalue weighted by molar-refractivity contribution is 0.368. The van der Waals surface area contributed by atoms with Gasteiger partial charge in [0.15, 0.2) is 0 Å². The summed E-state index contributed by atoms with van der Waals surface area (Å²) in [6.45, 7) is 4.56. The lowest BCUT2D eigenvalue weighted by atomic mass is 10.1. The molecule has 0 bridgehead atoms. The fourth-order valence-corrected chi connectivity index (χ4v) is 1.56. The van der Waals surface area contributed by atoms with Crippen LogP contribution in [0.15, 0.2) is 0 Å². The first kappa shape index (κ1) is 18.7. The Balaban J connectivity index is 0. The third-order valence-corrected chi connectivity index (χ3v) is 2.46. The average Bonchev–Trinajstić information content (AvgIpc) is 2.21. The maximum atomic E-state index is 7.23. The van der Waals surface area contributed by atoms with Crippen molar-refractivity contribution in [1.82, 2.24) is 0 Å². The van der Waals surface area contributed by atoms with Gasteiger partial charge in [0, 0.05) is 0 Å². The van der Waals surface area contributed by atoms with Crippen molar-refractivity contribution >= 4 is 8.60 Å². The Kier molecular flexibility index (Phi) is 20.6. The zero-order valence-corrected chi connectivity index (χ0v) is 11.8. The zero-order chi connectivity index (χ0) is 12.6. The minimum atomic E-state index is -2.62. The normalized spacial score (nSPS) is 10.1. The van der Waals surface area contributed by atoms with Crippen LogP contribution < -0.4 is 0 Å². The Morgan fingerprint density at radius 2 is 0.750 bits per heavy atom. The first-order chi connectivity index (χ1) is 7.65. The lowest BCUT2D eigenvalue weighted by Gasteiger charge is -1.99. The van der Waals surface area contributed by atoms with Gasteiger partial charge in [-0.2, -0.15) is 0 Å². The van der Waals surface area contributed by atoms with Gasteiger partial charge in [-0.1, -0.05) is 78.1 Å². The molecule has 0 radical (unpaired) electrons. The van der Waals surface area contributed by atoms with Gasteiger partial charge in [-0.05, 0) is 0 Å². The smallest absolute Gasteiger partial charge is 0.324 e. The Morgan fingerprint density at radius 1 is 0.562 bits per heavy atom. The topological polar surface area (TPSA) is 60.7 Å². The van der Waals surface area contributed by atoms with Gasteiger partial charge in [0.2, 0.25) is 0 Å². The summed E-state index contributed by atoms with van der Waals surface area (Å²) < 4.78 is 0. The predicted molar refractivity (Wildman–Crippen MR) is 71.1 cm³/mol. The van der Waals surface area contributed by atoms with Crippen LogP contribution in [0.1, 0.15) is 78.1 Å². The molecule has 0 saturated heterocycles. The van der Waals surface area contributed by atoms with Crippen molar-refractivity contribution in [1.29, 1.82) is 0 Å². The van der Waals surface area contributed by atoms with E-state index in [4.69, 9.17) is 14.7 Å². The molecule has 0 atom stereocenters. The van der Waals surface area contributed by atoms with Crippen LogP contribution in [-0.4, -0.2) is 14.7 Å². The van der Waals surface area contributed by atoms with Crippen molar-refractivity contribution in [3.8, 4) is 0 Å². The molecule has 0 amide bonds. The summed E-state index contributed by atoms with van der Waals surface area (Å²) in [6.07, 6.45) is 14.4. The molecule has 3 N–H and O–H groups in total. The summed E-state index contributed by atoms with van der Waals surface area (Å²) in [6, 6.07) is 0. The monoisotopic (exact) mass is 252 g/mol. The zero-order valence-electron chi connectivity index (χ0n) is 10.9. The van der Waals surface area contributed by atoms with E-state index >= 15 is 0 Å². The second-order valence-corrected chi connectivity index (χ2v) is 4.63. The molecule has 0 heterocycles. The minimum absolute atomic E-state index is 1.37. The second-order valence-electron chi connectivity index (χ2n) is 4.10. The van der Waals surface area contributed by atoms with Crippen molar-refractivity contribution in [2.24, 2.45) is 0 Å². The van der Waals surface area contributed by atoms with E-state index in [9.17, 15) is 0 Å². The first-order valence-electron chi connectivity index (χ1n) is 6.51. The van der Waals surface area contributed by atoms with Crippen LogP contribution in [0.4, 0.5) is 0 Å². The summed E-state index contributed by atoms with van der Waals surface area (Å²) in [5, 5.41) is 0. The van der Waals surface area contributed by atoms with Crippen LogP contribution >= 0.6 is 8.60 Å². The van der Waals surface area contributed by atoms with E-state index in [2.05, 4.69) is 13.8 Å². The van der Waals surface area contributed by atoms with Crippen molar-refractivity contribution < 1.29 is 14.7 Å². The molecule has 3 nitrogen and oxygen atoms in total. The molecule has 0 rings (SSSR count). The third-order valence-electron chi connectivity index (χ3n) is 2.46. The van der Waals surface area contributed by atoms with Gasteiger partial charge in [-0.25, -0.2) is 0 Å². The molecular formula is C12H29O3P. The van der Waals surface area contributed by atoms with Crippen LogP contribution in [0.3, 0.4) is 0 Å². The molecule has 0 aromatic heterocycles. The molecule has 0 aliphatic carbocycles. The Hall–Kier alpha value is 0.310. The molecule has 0 spiro atoms. The van der Waals surface area contributed by atoms with Gasteiger partial charge in [0.05, 0.1) is 0 Å². The van der Waals surface area contributed by atoms with Crippen molar-refractivity contribution in [2.75, 3.05) is 0 Å². The molecule has 16 heavy (non-hydrogen) atoms. The Labute approximate surface area is 102 Å². The van der Waals surface area contributed by atoms with E-state index in [0.29, 0.717) is 0 Å². The van der Waals surface area contributed by atoms with E-state index in [1.807, 2.05) is 0 Å². The lowest BCUT2D eigenvalue weighted by Crippen LogP contribution is -1.80. The SMILES string of the molecule is CCCCCCCCCCCC.OP(O)O. The molecule has 0 aliphatic rings. The number of unbranched alkanes of at least 4 members (excludes halogenated alkanes) is 9. The van der Waals surface area contributed by atoms with Gasteiger partial charge in [0.25, 0.3) is 0 Å². The molecule has 0 unspecified atom stereocenters. The highest BCUT2D eigenvalue weighted by atomic mass is 31.2. The average molecular weight is 252 g/mol. The maximum Gasteiger partial charge on any atom is 0.324 e. The third kappa shape index (κ3) is 29.2. The van der Waals surface area contributed by atoms with Crippen LogP contribution in [0.25, 0.3) is 0 Å². The maximum absolute atomic E-state index is 7.23. The number of hydrogen-bond donors (Lipinski definition) is 3. The first-order valence-corrected chi connectivity index (χ1v) is 7.71. The van der Waals surface area contributed by atoms with Crippen molar-refractivity contribution in [3.63, 3.8) is 0 Å². The summed E-state index contributed by atoms with van der Waals surface area (Å²) in [4.78, 5) is 21.7. The van der Waals surface area contributed by atoms with E-state index in [1.165, 1.54) is 64.2 Å². The molecule has 100 valence electrons. The number of hydrogen-bond acceptors (Lipinski definition) is 3. The van der Waals surface area contributed by atoms with Gasteiger partial charge in [-0.3, -0.25) is 0 Å². The highest BCUT2D eigenvalue weighted by Crippen LogP contribution is 2.11. The minimum Gasteiger partial charge on any atom is -0.328 e. The molecule has 0 aromatic carbocycles. The predicted octanol–water partition coefficient (Wildman–Crippen LogP) is 4.12. The fraction of sp³-hybridized carbons (Fsp3) is 1.00. The standard InChI is InChI=1S/C12H26.H3O3P/c1-3-5-7-9-11-12-10-8-6-4-2;1-4(2)3/h3-12H2,1-2H3;1-3H. The quantitative estimate of drug-likeness (QED) is 0.427. The molecular weight excluding hydrogens is 223 g/mol. The molecule has 4 heteroatoms. The molecule has 0 fully saturated rings. The largest absolute Gasteiger partial charge is 0.328 e. The van der Waals surface area contributed by atoms with E-state index < -0.39 is 8.60 Å². The summed E-state index contributed by atoms with van der Waals surface area (Å²) in [7, 11) is -2.62. The van der Waals surface area contributed by atoms with Gasteiger partial charge >= 0.3 is 8.60 Å². The highest BCUT2D eigenvalue weighted by Gasteiger charge is 1.90. The van der Waals surface area contributed by atoms with Gasteiger partial charge in [0.1, 0.15) is 0 Å². The van der Waals surface area contributed by atoms with Crippen LogP contribution in [0.5, 0.6) is 0 Å². The van der Waals surface area contributed by atoms with Gasteiger partial charge < -0.3 is 14.7 Å². The number of rotatable bonds is 9. The van der Waals surface area contributed by atoms with Crippen LogP contribution in [0.2, 0.25) is 0 Å². The Bertz CT molecular complexity index is 97.7. The van der Waals surface area contributed by atoms with Crippen molar-refractivity contribution in [2.45, 2.75) is 78.1 Å². The fourth-order valence-electron chi connectivity index (χ4n) is 1.56. The van der Waals surface area contributed by atoms with Crippen LogP contribution in [0, 0.1) is 0 Å². The van der Waals surface area contributed by atoms with Crippen molar-refractivity contribution in [3.05, 3.63) is 0 Å². The van der Waals surface area contributed by atoms with E-state index in [1.54, 1.807) is 0 Å². The van der Waals surface area contributed by atoms with E-state index in [-0.39, 0.29) is 0 Å². The molecule has 0 aliphatic heterocycles. The highest BCUT2D eigenvalue weighted by molar-refractivity contribution is 7.38. The summed E-state index contributed by atoms with van der Waals surface area (Å²) >= 11 is 0. The Morgan fingerprint density at radius 3 is 0.938 bits per heavy atom. The van der Waals surface area contributed by atoms with Gasteiger partial charge in [-0.15, -0.1) is 0 Å². The second kappa shape index (κ2) is 17.7. The van der Waals surface area contributed by atoms with Crippen LogP contribution in [-0.2, 0) is 0 Å². The van der Waals surface area contributed by atoms with E-state index in [0.717, 1.165) is 0 Å². The summed E-state index contributed by atoms with van der Waals surface area (Å²) in [5.41, 5.74) is 0.